The molecule has 9 heterocycles. The van der Waals surface area contributed by atoms with E-state index < -0.39 is 0 Å². The van der Waals surface area contributed by atoms with Crippen LogP contribution in [0.4, 0.5) is 13.2 Å². The maximum atomic E-state index is 13.2. The summed E-state index contributed by atoms with van der Waals surface area (Å²) in [6.07, 6.45) is 13.7. The van der Waals surface area contributed by atoms with Crippen molar-refractivity contribution in [1.82, 2.24) is 107 Å². The molecule has 25 heteroatoms. The molecule has 102 heavy (non-hydrogen) atoms. The third-order valence-corrected chi connectivity index (χ3v) is 18.5. The molecular formula is C77H66F3N21O. The highest BCUT2D eigenvalue weighted by Crippen LogP contribution is 2.39. The summed E-state index contributed by atoms with van der Waals surface area (Å²) in [6, 6.07) is 53.1. The van der Waals surface area contributed by atoms with Crippen molar-refractivity contribution in [2.24, 2.45) is 5.92 Å². The molecule has 0 unspecified atom stereocenters. The number of halogens is 3. The Morgan fingerprint density at radius 2 is 0.882 bits per heavy atom. The number of fused-ring (bicyclic) bond motifs is 4. The van der Waals surface area contributed by atoms with E-state index in [1.54, 1.807) is 42.6 Å². The number of rotatable bonds is 13. The van der Waals surface area contributed by atoms with Gasteiger partial charge in [-0.25, -0.2) is 28.1 Å². The number of aromatic amines is 8. The standard InChI is InChI=1S/C20H18FN5.C20H17FN4O.C19H18FN5.C18H13N7/c21-15-8-5-12(6-9-15)18-16-11-14(7-10-17(16)23-24-18)20-22-19(25-26-20)13-3-1-2-4-13;21-15-8-5-12(6-9-15)18-16-11-14(7-10-17(16)22-23-18)20-25-24-19(26-20)13-3-1-2-4-13;1-11(2)9-17-21-19(25-23-17)13-5-8-16-15(10-13)18(24-22-16)12-3-6-14(20)7-4-12;1-2-11(15-6-7-20-22-15)8-12(3-1)17-14-9-13(18-19-10-21-25-18)4-5-16(14)23-24-17/h5-11,13H,1-4H2,(H,23,24)(H,22,25,26);5-11,13H,1-4H2,(H,22,23);3-8,10-11H,9H2,1-2H3,(H,22,24)(H,21,23,25);1-10H,(H,20,22)(H,23,24)(H,19,21,25). The van der Waals surface area contributed by atoms with Crippen LogP contribution in [0.25, 0.3) is 146 Å². The molecule has 0 bridgehead atoms. The number of nitrogens with one attached hydrogen (secondary N) is 8. The fourth-order valence-electron chi connectivity index (χ4n) is 13.3. The van der Waals surface area contributed by atoms with E-state index in [0.29, 0.717) is 35.3 Å². The van der Waals surface area contributed by atoms with Gasteiger partial charge in [0.1, 0.15) is 35.4 Å². The predicted octanol–water partition coefficient (Wildman–Crippen LogP) is 17.6. The molecule has 0 saturated heterocycles. The molecule has 19 rings (SSSR count). The second-order valence-corrected chi connectivity index (χ2v) is 25.9. The summed E-state index contributed by atoms with van der Waals surface area (Å²) in [4.78, 5) is 13.5. The number of nitrogens with zero attached hydrogens (tertiary/aromatic N) is 13. The molecule has 22 nitrogen and oxygen atoms in total. The summed E-state index contributed by atoms with van der Waals surface area (Å²) in [5, 5.41) is 70.9. The van der Waals surface area contributed by atoms with Gasteiger partial charge in [0, 0.05) is 96.1 Å². The molecule has 2 fully saturated rings. The van der Waals surface area contributed by atoms with Gasteiger partial charge in [0.25, 0.3) is 0 Å². The summed E-state index contributed by atoms with van der Waals surface area (Å²) < 4.78 is 45.5. The van der Waals surface area contributed by atoms with Gasteiger partial charge in [0.05, 0.1) is 50.5 Å². The molecule has 0 aliphatic heterocycles. The zero-order valence-electron chi connectivity index (χ0n) is 55.3. The van der Waals surface area contributed by atoms with Crippen molar-refractivity contribution >= 4 is 43.6 Å². The highest BCUT2D eigenvalue weighted by atomic mass is 19.1. The highest BCUT2D eigenvalue weighted by Gasteiger charge is 2.25. The molecule has 2 aliphatic rings. The van der Waals surface area contributed by atoms with Crippen molar-refractivity contribution in [2.45, 2.75) is 83.5 Å². The van der Waals surface area contributed by atoms with Crippen molar-refractivity contribution in [3.63, 3.8) is 0 Å². The van der Waals surface area contributed by atoms with Crippen molar-refractivity contribution in [3.8, 4) is 102 Å². The normalized spacial score (nSPS) is 13.3. The lowest BCUT2D eigenvalue weighted by Crippen LogP contribution is -1.95. The van der Waals surface area contributed by atoms with Gasteiger partial charge in [-0.15, -0.1) is 10.2 Å². The lowest BCUT2D eigenvalue weighted by Gasteiger charge is -2.03. The van der Waals surface area contributed by atoms with Crippen LogP contribution in [0.2, 0.25) is 0 Å². The average molecular weight is 1360 g/mol. The molecule has 17 aromatic rings. The fraction of sp³-hybridized carbons (Fsp3) is 0.182. The van der Waals surface area contributed by atoms with Crippen LogP contribution >= 0.6 is 0 Å². The molecule has 0 amide bonds. The lowest BCUT2D eigenvalue weighted by molar-refractivity contribution is 0.457. The Morgan fingerprint density at radius 1 is 0.412 bits per heavy atom. The minimum atomic E-state index is -0.264. The molecular weight excluding hydrogens is 1290 g/mol. The van der Waals surface area contributed by atoms with E-state index >= 15 is 0 Å². The van der Waals surface area contributed by atoms with E-state index in [9.17, 15) is 13.2 Å². The predicted molar refractivity (Wildman–Crippen MR) is 384 cm³/mol. The minimum absolute atomic E-state index is 0.255. The first-order chi connectivity index (χ1) is 50.0. The van der Waals surface area contributed by atoms with Crippen LogP contribution in [0, 0.1) is 23.4 Å². The van der Waals surface area contributed by atoms with Gasteiger partial charge in [-0.3, -0.25) is 40.8 Å². The number of hydrogen-bond donors (Lipinski definition) is 8. The van der Waals surface area contributed by atoms with Gasteiger partial charge in [-0.05, 0) is 189 Å². The van der Waals surface area contributed by atoms with Crippen LogP contribution in [0.3, 0.4) is 0 Å². The van der Waals surface area contributed by atoms with Crippen LogP contribution in [0.1, 0.15) is 94.6 Å². The second-order valence-electron chi connectivity index (χ2n) is 25.9. The van der Waals surface area contributed by atoms with Crippen LogP contribution in [0.5, 0.6) is 0 Å². The van der Waals surface area contributed by atoms with Crippen LogP contribution in [0.15, 0.2) is 193 Å². The van der Waals surface area contributed by atoms with Gasteiger partial charge in [-0.2, -0.15) is 40.8 Å². The Labute approximate surface area is 579 Å². The van der Waals surface area contributed by atoms with Gasteiger partial charge in [-0.1, -0.05) is 57.7 Å². The van der Waals surface area contributed by atoms with Gasteiger partial charge in [0.2, 0.25) is 11.8 Å². The molecule has 0 spiro atoms. The zero-order chi connectivity index (χ0) is 69.0. The van der Waals surface area contributed by atoms with Crippen molar-refractivity contribution in [1.29, 1.82) is 0 Å². The smallest absolute Gasteiger partial charge is 0.247 e. The molecule has 8 N–H and O–H groups in total. The Balaban J connectivity index is 0.000000105. The Hall–Kier alpha value is -12.8. The Kier molecular flexibility index (Phi) is 17.7. The molecule has 2 saturated carbocycles. The quantitative estimate of drug-likeness (QED) is 0.0532. The average Bonchev–Trinajstić information content (AvgIpc) is 1.64. The first-order valence-electron chi connectivity index (χ1n) is 33.9. The van der Waals surface area contributed by atoms with E-state index in [0.717, 1.165) is 165 Å². The van der Waals surface area contributed by atoms with Crippen LogP contribution < -0.4 is 0 Å². The summed E-state index contributed by atoms with van der Waals surface area (Å²) in [5.41, 5.74) is 16.4. The number of aromatic nitrogens is 21. The monoisotopic (exact) mass is 1360 g/mol. The first-order valence-corrected chi connectivity index (χ1v) is 33.9. The van der Waals surface area contributed by atoms with E-state index in [1.807, 2.05) is 84.9 Å². The largest absolute Gasteiger partial charge is 0.420 e. The summed E-state index contributed by atoms with van der Waals surface area (Å²) in [5.74, 6) is 5.89. The van der Waals surface area contributed by atoms with E-state index in [2.05, 4.69) is 134 Å². The minimum Gasteiger partial charge on any atom is -0.420 e. The van der Waals surface area contributed by atoms with Gasteiger partial charge in [0.15, 0.2) is 17.5 Å². The van der Waals surface area contributed by atoms with Crippen molar-refractivity contribution in [3.05, 3.63) is 223 Å². The fourth-order valence-corrected chi connectivity index (χ4v) is 13.3. The van der Waals surface area contributed by atoms with Crippen LogP contribution in [-0.4, -0.2) is 107 Å². The maximum absolute atomic E-state index is 13.2. The molecule has 8 aromatic carbocycles. The molecule has 9 aromatic heterocycles. The van der Waals surface area contributed by atoms with Crippen molar-refractivity contribution in [2.75, 3.05) is 0 Å². The van der Waals surface area contributed by atoms with E-state index in [4.69, 9.17) is 9.40 Å². The Bertz CT molecular complexity index is 5500. The molecule has 0 radical (unpaired) electrons. The highest BCUT2D eigenvalue weighted by molar-refractivity contribution is 5.98. The third kappa shape index (κ3) is 13.6. The molecule has 2 aliphatic carbocycles. The Morgan fingerprint density at radius 3 is 1.40 bits per heavy atom. The number of H-pyrrole nitrogens is 8. The van der Waals surface area contributed by atoms with E-state index in [-0.39, 0.29) is 17.5 Å². The zero-order valence-corrected chi connectivity index (χ0v) is 55.3. The SMILES string of the molecule is CC(C)Cc1nc(-c2ccc3[nH]nc(-c4ccc(F)cc4)c3c2)n[nH]1.Fc1ccc(-c2n[nH]c3ccc(-c4n[nH]c(C5CCCC5)n4)cc23)cc1.Fc1ccc(-c2n[nH]c3ccc(-c4nnc(C5CCCC5)o4)cc23)cc1.c1cc(-c2ccn[nH]2)cc(-c2n[nH]c3ccc(-c4ncn[nH]4)cc23)c1. The molecule has 506 valence electrons. The third-order valence-electron chi connectivity index (χ3n) is 18.5. The molecule has 0 atom stereocenters. The number of hydrogen-bond acceptors (Lipinski definition) is 14. The maximum Gasteiger partial charge on any atom is 0.247 e. The summed E-state index contributed by atoms with van der Waals surface area (Å²) in [6.45, 7) is 4.30. The van der Waals surface area contributed by atoms with E-state index in [1.165, 1.54) is 81.3 Å². The van der Waals surface area contributed by atoms with Crippen molar-refractivity contribution < 1.29 is 17.6 Å². The lowest BCUT2D eigenvalue weighted by atomic mass is 10.0. The van der Waals surface area contributed by atoms with Crippen LogP contribution in [-0.2, 0) is 6.42 Å². The number of benzene rings is 8. The van der Waals surface area contributed by atoms with Gasteiger partial charge < -0.3 is 4.42 Å². The summed E-state index contributed by atoms with van der Waals surface area (Å²) >= 11 is 0. The first kappa shape index (κ1) is 63.9. The van der Waals surface area contributed by atoms with Gasteiger partial charge >= 0.3 is 0 Å². The topological polar surface area (TPSA) is 307 Å². The second kappa shape index (κ2) is 28.2. The summed E-state index contributed by atoms with van der Waals surface area (Å²) in [7, 11) is 0.